The van der Waals surface area contributed by atoms with Crippen molar-refractivity contribution in [3.63, 3.8) is 0 Å². The Labute approximate surface area is 101 Å². The minimum absolute atomic E-state index is 0.0417. The molecule has 1 heterocycles. The maximum atomic E-state index is 11.8. The molecule has 2 rings (SSSR count). The van der Waals surface area contributed by atoms with Gasteiger partial charge in [0, 0.05) is 19.0 Å². The summed E-state index contributed by atoms with van der Waals surface area (Å²) in [5.74, 6) is 2.50. The van der Waals surface area contributed by atoms with Crippen LogP contribution in [-0.4, -0.2) is 36.5 Å². The molecular formula is C13H17NO3. The summed E-state index contributed by atoms with van der Waals surface area (Å²) in [6.07, 6.45) is 8.48. The van der Waals surface area contributed by atoms with Gasteiger partial charge in [0.25, 0.3) is 0 Å². The third-order valence-electron chi connectivity index (χ3n) is 3.36. The molecule has 0 atom stereocenters. The molecule has 92 valence electrons. The van der Waals surface area contributed by atoms with E-state index in [9.17, 15) is 9.59 Å². The monoisotopic (exact) mass is 235 g/mol. The highest BCUT2D eigenvalue weighted by Crippen LogP contribution is 2.32. The molecule has 0 aromatic rings. The van der Waals surface area contributed by atoms with E-state index in [0.29, 0.717) is 25.9 Å². The number of hydrogen-bond acceptors (Lipinski definition) is 3. The van der Waals surface area contributed by atoms with Crippen molar-refractivity contribution in [1.82, 2.24) is 4.90 Å². The number of likely N-dealkylation sites (tertiary alicyclic amines) is 1. The van der Waals surface area contributed by atoms with Crippen molar-refractivity contribution in [3.05, 3.63) is 0 Å². The summed E-state index contributed by atoms with van der Waals surface area (Å²) < 4.78 is 4.91. The molecule has 0 aromatic carbocycles. The fraction of sp³-hybridized carbons (Fsp3) is 0.692. The van der Waals surface area contributed by atoms with Gasteiger partial charge in [-0.3, -0.25) is 9.59 Å². The molecule has 0 unspecified atom stereocenters. The van der Waals surface area contributed by atoms with Gasteiger partial charge in [-0.15, -0.1) is 6.42 Å². The van der Waals surface area contributed by atoms with E-state index in [4.69, 9.17) is 11.2 Å². The number of rotatable bonds is 3. The third kappa shape index (κ3) is 3.00. The van der Waals surface area contributed by atoms with Crippen LogP contribution in [0.4, 0.5) is 0 Å². The number of terminal acetylenes is 1. The van der Waals surface area contributed by atoms with Crippen molar-refractivity contribution >= 4 is 11.9 Å². The molecule has 4 nitrogen and oxygen atoms in total. The van der Waals surface area contributed by atoms with Crippen LogP contribution in [0.25, 0.3) is 0 Å². The van der Waals surface area contributed by atoms with Crippen LogP contribution in [0.15, 0.2) is 0 Å². The maximum absolute atomic E-state index is 11.8. The van der Waals surface area contributed by atoms with Crippen molar-refractivity contribution in [2.45, 2.75) is 25.7 Å². The minimum Gasteiger partial charge on any atom is -0.452 e. The molecule has 2 aliphatic rings. The first kappa shape index (κ1) is 12.0. The fourth-order valence-corrected chi connectivity index (χ4v) is 2.15. The van der Waals surface area contributed by atoms with Crippen LogP contribution < -0.4 is 0 Å². The van der Waals surface area contributed by atoms with Crippen LogP contribution in [0.3, 0.4) is 0 Å². The van der Waals surface area contributed by atoms with Gasteiger partial charge >= 0.3 is 5.97 Å². The summed E-state index contributed by atoms with van der Waals surface area (Å²) in [5, 5.41) is 0. The second-order valence-corrected chi connectivity index (χ2v) is 4.69. The molecule has 1 aliphatic carbocycles. The Hall–Kier alpha value is -1.50. The number of esters is 1. The van der Waals surface area contributed by atoms with E-state index in [1.165, 1.54) is 0 Å². The molecule has 17 heavy (non-hydrogen) atoms. The lowest BCUT2D eigenvalue weighted by Gasteiger charge is -2.30. The quantitative estimate of drug-likeness (QED) is 0.537. The van der Waals surface area contributed by atoms with Crippen LogP contribution in [0, 0.1) is 24.2 Å². The van der Waals surface area contributed by atoms with Gasteiger partial charge in [-0.2, -0.15) is 0 Å². The number of piperidine rings is 1. The largest absolute Gasteiger partial charge is 0.452 e. The number of carbonyl (C=O) groups is 2. The molecule has 0 N–H and O–H groups in total. The number of ether oxygens (including phenoxy) is 1. The maximum Gasteiger partial charge on any atom is 0.310 e. The van der Waals surface area contributed by atoms with Crippen molar-refractivity contribution in [3.8, 4) is 12.3 Å². The number of hydrogen-bond donors (Lipinski definition) is 0. The van der Waals surface area contributed by atoms with Crippen molar-refractivity contribution < 1.29 is 14.3 Å². The molecule has 0 bridgehead atoms. The Morgan fingerprint density at radius 2 is 1.82 bits per heavy atom. The van der Waals surface area contributed by atoms with Gasteiger partial charge in [0.15, 0.2) is 6.61 Å². The Morgan fingerprint density at radius 1 is 1.18 bits per heavy atom. The molecule has 0 aromatic heterocycles. The van der Waals surface area contributed by atoms with E-state index in [-0.39, 0.29) is 30.3 Å². The van der Waals surface area contributed by atoms with E-state index < -0.39 is 0 Å². The highest BCUT2D eigenvalue weighted by atomic mass is 16.5. The first-order valence-corrected chi connectivity index (χ1v) is 6.11. The zero-order valence-electron chi connectivity index (χ0n) is 9.85. The predicted octanol–water partition coefficient (Wildman–Crippen LogP) is 0.811. The zero-order valence-corrected chi connectivity index (χ0v) is 9.85. The standard InChI is InChI=1S/C13H17NO3/c1-2-9-17-13(16)11-5-7-14(8-6-11)12(15)10-3-4-10/h1,10-11H,3-9H2. The van der Waals surface area contributed by atoms with Gasteiger partial charge in [0.1, 0.15) is 0 Å². The van der Waals surface area contributed by atoms with Gasteiger partial charge in [0.2, 0.25) is 5.91 Å². The van der Waals surface area contributed by atoms with Crippen LogP contribution in [0.5, 0.6) is 0 Å². The highest BCUT2D eigenvalue weighted by Gasteiger charge is 2.36. The van der Waals surface area contributed by atoms with E-state index in [1.807, 2.05) is 4.90 Å². The molecule has 1 saturated carbocycles. The number of carbonyl (C=O) groups excluding carboxylic acids is 2. The second-order valence-electron chi connectivity index (χ2n) is 4.69. The summed E-state index contributed by atoms with van der Waals surface area (Å²) in [7, 11) is 0. The number of amides is 1. The first-order valence-electron chi connectivity index (χ1n) is 6.11. The number of nitrogens with zero attached hydrogens (tertiary/aromatic N) is 1. The average Bonchev–Trinajstić information content (AvgIpc) is 3.19. The third-order valence-corrected chi connectivity index (χ3v) is 3.36. The SMILES string of the molecule is C#CCOC(=O)C1CCN(C(=O)C2CC2)CC1. The van der Waals surface area contributed by atoms with Crippen molar-refractivity contribution in [2.75, 3.05) is 19.7 Å². The molecule has 1 saturated heterocycles. The summed E-state index contributed by atoms with van der Waals surface area (Å²) in [4.78, 5) is 25.2. The van der Waals surface area contributed by atoms with Gasteiger partial charge in [0.05, 0.1) is 5.92 Å². The van der Waals surface area contributed by atoms with E-state index in [1.54, 1.807) is 0 Å². The van der Waals surface area contributed by atoms with Gasteiger partial charge in [-0.25, -0.2) is 0 Å². The molecule has 0 spiro atoms. The van der Waals surface area contributed by atoms with Crippen molar-refractivity contribution in [2.24, 2.45) is 11.8 Å². The van der Waals surface area contributed by atoms with Crippen LogP contribution in [0.2, 0.25) is 0 Å². The van der Waals surface area contributed by atoms with Crippen molar-refractivity contribution in [1.29, 1.82) is 0 Å². The summed E-state index contributed by atoms with van der Waals surface area (Å²) in [6.45, 7) is 1.39. The normalized spacial score (nSPS) is 20.8. The molecule has 1 aliphatic heterocycles. The first-order chi connectivity index (χ1) is 8.22. The molecular weight excluding hydrogens is 218 g/mol. The highest BCUT2D eigenvalue weighted by molar-refractivity contribution is 5.81. The Bertz CT molecular complexity index is 346. The topological polar surface area (TPSA) is 46.6 Å². The Balaban J connectivity index is 1.75. The average molecular weight is 235 g/mol. The lowest BCUT2D eigenvalue weighted by molar-refractivity contribution is -0.150. The van der Waals surface area contributed by atoms with Gasteiger partial charge in [-0.05, 0) is 25.7 Å². The van der Waals surface area contributed by atoms with E-state index in [0.717, 1.165) is 12.8 Å². The van der Waals surface area contributed by atoms with Gasteiger partial charge < -0.3 is 9.64 Å². The van der Waals surface area contributed by atoms with Crippen LogP contribution in [-0.2, 0) is 14.3 Å². The fourth-order valence-electron chi connectivity index (χ4n) is 2.15. The van der Waals surface area contributed by atoms with Crippen LogP contribution >= 0.6 is 0 Å². The molecule has 2 fully saturated rings. The molecule has 4 heteroatoms. The lowest BCUT2D eigenvalue weighted by atomic mass is 9.97. The smallest absolute Gasteiger partial charge is 0.310 e. The molecule has 1 amide bonds. The summed E-state index contributed by atoms with van der Waals surface area (Å²) in [5.41, 5.74) is 0. The lowest BCUT2D eigenvalue weighted by Crippen LogP contribution is -2.41. The summed E-state index contributed by atoms with van der Waals surface area (Å²) in [6, 6.07) is 0. The van der Waals surface area contributed by atoms with E-state index in [2.05, 4.69) is 5.92 Å². The second kappa shape index (κ2) is 5.22. The van der Waals surface area contributed by atoms with Gasteiger partial charge in [-0.1, -0.05) is 5.92 Å². The summed E-state index contributed by atoms with van der Waals surface area (Å²) >= 11 is 0. The molecule has 0 radical (unpaired) electrons. The zero-order chi connectivity index (χ0) is 12.3. The minimum atomic E-state index is -0.221. The van der Waals surface area contributed by atoms with Crippen LogP contribution in [0.1, 0.15) is 25.7 Å². The Kier molecular flexibility index (Phi) is 3.68. The Morgan fingerprint density at radius 3 is 2.35 bits per heavy atom. The van der Waals surface area contributed by atoms with E-state index >= 15 is 0 Å². The predicted molar refractivity (Wildman–Crippen MR) is 61.8 cm³/mol.